The molecule has 31 heavy (non-hydrogen) atoms. The number of aromatic nitrogens is 4. The summed E-state index contributed by atoms with van der Waals surface area (Å²) in [5.41, 5.74) is 3.36. The van der Waals surface area contributed by atoms with Crippen molar-refractivity contribution in [1.82, 2.24) is 18.7 Å². The average Bonchev–Trinajstić information content (AvgIpc) is 3.19. The van der Waals surface area contributed by atoms with Crippen molar-refractivity contribution < 1.29 is 0 Å². The maximum Gasteiger partial charge on any atom is 0.337 e. The van der Waals surface area contributed by atoms with Crippen LogP contribution in [0.1, 0.15) is 49.3 Å². The van der Waals surface area contributed by atoms with Gasteiger partial charge in [0.15, 0.2) is 11.2 Å². The van der Waals surface area contributed by atoms with Gasteiger partial charge >= 0.3 is 5.69 Å². The largest absolute Gasteiger partial charge is 0.337 e. The highest BCUT2D eigenvalue weighted by Crippen LogP contribution is 2.26. The lowest BCUT2D eigenvalue weighted by Gasteiger charge is -2.24. The van der Waals surface area contributed by atoms with Crippen LogP contribution in [0.4, 0.5) is 0 Å². The molecule has 4 aromatic rings. The molecule has 6 heteroatoms. The number of hydrogen-bond acceptors (Lipinski definition) is 3. The van der Waals surface area contributed by atoms with Gasteiger partial charge in [-0.2, -0.15) is 0 Å². The molecule has 0 radical (unpaired) electrons. The van der Waals surface area contributed by atoms with Crippen LogP contribution in [-0.2, 0) is 6.54 Å². The zero-order valence-corrected chi connectivity index (χ0v) is 17.7. The van der Waals surface area contributed by atoms with Gasteiger partial charge in [-0.05, 0) is 37.5 Å². The number of para-hydroxylation sites is 1. The van der Waals surface area contributed by atoms with Gasteiger partial charge in [0.25, 0.3) is 5.56 Å². The van der Waals surface area contributed by atoms with Gasteiger partial charge in [-0.3, -0.25) is 9.36 Å². The lowest BCUT2D eigenvalue weighted by atomic mass is 9.95. The van der Waals surface area contributed by atoms with E-state index in [1.54, 1.807) is 10.9 Å². The van der Waals surface area contributed by atoms with E-state index in [0.717, 1.165) is 43.4 Å². The zero-order valence-electron chi connectivity index (χ0n) is 17.7. The standard InChI is InChI=1S/C25H26N4O2/c1-18-9-8-10-19(15-18)16-27-17-26-23-22(27)24(30)29(21-13-6-3-7-14-21)25(31)28(23)20-11-4-2-5-12-20/h2,4-5,8-12,15,17,21H,3,6-7,13-14,16H2,1H3. The Balaban J connectivity index is 1.76. The molecule has 0 aliphatic heterocycles. The first-order valence-corrected chi connectivity index (χ1v) is 11.0. The number of imidazole rings is 1. The molecule has 0 amide bonds. The van der Waals surface area contributed by atoms with Crippen LogP contribution in [0, 0.1) is 6.92 Å². The Morgan fingerprint density at radius 2 is 1.74 bits per heavy atom. The maximum atomic E-state index is 13.7. The fraction of sp³-hybridized carbons (Fsp3) is 0.320. The molecule has 2 aromatic carbocycles. The van der Waals surface area contributed by atoms with Crippen molar-refractivity contribution in [2.24, 2.45) is 0 Å². The summed E-state index contributed by atoms with van der Waals surface area (Å²) in [6, 6.07) is 17.6. The summed E-state index contributed by atoms with van der Waals surface area (Å²) in [5.74, 6) is 0. The molecule has 1 aliphatic carbocycles. The Hall–Kier alpha value is -3.41. The summed E-state index contributed by atoms with van der Waals surface area (Å²) in [6.45, 7) is 2.59. The van der Waals surface area contributed by atoms with Crippen LogP contribution in [0.25, 0.3) is 16.9 Å². The Labute approximate surface area is 180 Å². The zero-order chi connectivity index (χ0) is 21.4. The highest BCUT2D eigenvalue weighted by atomic mass is 16.2. The molecule has 2 aromatic heterocycles. The van der Waals surface area contributed by atoms with Crippen molar-refractivity contribution in [2.45, 2.75) is 51.6 Å². The van der Waals surface area contributed by atoms with Crippen LogP contribution in [0.2, 0.25) is 0 Å². The summed E-state index contributed by atoms with van der Waals surface area (Å²) in [7, 11) is 0. The van der Waals surface area contributed by atoms with Gasteiger partial charge in [0, 0.05) is 12.6 Å². The van der Waals surface area contributed by atoms with Gasteiger partial charge in [0.2, 0.25) is 0 Å². The number of nitrogens with zero attached hydrogens (tertiary/aromatic N) is 4. The monoisotopic (exact) mass is 414 g/mol. The van der Waals surface area contributed by atoms with Crippen molar-refractivity contribution in [3.8, 4) is 5.69 Å². The molecule has 6 nitrogen and oxygen atoms in total. The minimum atomic E-state index is -0.295. The van der Waals surface area contributed by atoms with E-state index in [4.69, 9.17) is 0 Å². The fourth-order valence-corrected chi connectivity index (χ4v) is 4.75. The Kier molecular flexibility index (Phi) is 5.06. The van der Waals surface area contributed by atoms with E-state index in [0.29, 0.717) is 17.7 Å². The van der Waals surface area contributed by atoms with Gasteiger partial charge in [-0.15, -0.1) is 0 Å². The number of benzene rings is 2. The Morgan fingerprint density at radius 3 is 2.48 bits per heavy atom. The van der Waals surface area contributed by atoms with Crippen molar-refractivity contribution in [3.63, 3.8) is 0 Å². The minimum absolute atomic E-state index is 0.0598. The third kappa shape index (κ3) is 3.52. The minimum Gasteiger partial charge on any atom is -0.320 e. The van der Waals surface area contributed by atoms with Crippen LogP contribution >= 0.6 is 0 Å². The molecule has 1 saturated carbocycles. The van der Waals surface area contributed by atoms with Gasteiger partial charge < -0.3 is 4.57 Å². The van der Waals surface area contributed by atoms with Crippen molar-refractivity contribution in [1.29, 1.82) is 0 Å². The summed E-state index contributed by atoms with van der Waals surface area (Å²) in [4.78, 5) is 31.8. The van der Waals surface area contributed by atoms with Crippen LogP contribution in [-0.4, -0.2) is 18.7 Å². The highest BCUT2D eigenvalue weighted by Gasteiger charge is 2.25. The quantitative estimate of drug-likeness (QED) is 0.503. The fourth-order valence-electron chi connectivity index (χ4n) is 4.75. The van der Waals surface area contributed by atoms with E-state index in [1.165, 1.54) is 10.1 Å². The molecule has 1 aliphatic rings. The van der Waals surface area contributed by atoms with Crippen LogP contribution < -0.4 is 11.2 Å². The van der Waals surface area contributed by atoms with Crippen molar-refractivity contribution in [3.05, 3.63) is 92.9 Å². The lowest BCUT2D eigenvalue weighted by molar-refractivity contribution is 0.335. The lowest BCUT2D eigenvalue weighted by Crippen LogP contribution is -2.43. The second-order valence-electron chi connectivity index (χ2n) is 8.45. The molecular formula is C25H26N4O2. The Bertz CT molecular complexity index is 1340. The van der Waals surface area contributed by atoms with Crippen LogP contribution in [0.5, 0.6) is 0 Å². The molecule has 0 saturated heterocycles. The van der Waals surface area contributed by atoms with Gasteiger partial charge in [0.1, 0.15) is 0 Å². The first-order valence-electron chi connectivity index (χ1n) is 11.0. The van der Waals surface area contributed by atoms with Gasteiger partial charge in [-0.25, -0.2) is 14.3 Å². The van der Waals surface area contributed by atoms with Gasteiger partial charge in [0.05, 0.1) is 12.0 Å². The molecule has 0 spiro atoms. The smallest absolute Gasteiger partial charge is 0.320 e. The molecule has 0 atom stereocenters. The molecule has 0 bridgehead atoms. The summed E-state index contributed by atoms with van der Waals surface area (Å²) in [5, 5.41) is 0. The summed E-state index contributed by atoms with van der Waals surface area (Å²) >= 11 is 0. The van der Waals surface area contributed by atoms with E-state index >= 15 is 0 Å². The molecule has 5 rings (SSSR count). The highest BCUT2D eigenvalue weighted by molar-refractivity contribution is 5.72. The number of rotatable bonds is 4. The third-order valence-corrected chi connectivity index (χ3v) is 6.24. The van der Waals surface area contributed by atoms with E-state index in [-0.39, 0.29) is 17.3 Å². The molecular weight excluding hydrogens is 388 g/mol. The second kappa shape index (κ2) is 8.02. The van der Waals surface area contributed by atoms with Crippen LogP contribution in [0.15, 0.2) is 70.5 Å². The normalized spacial score (nSPS) is 14.9. The topological polar surface area (TPSA) is 61.8 Å². The summed E-state index contributed by atoms with van der Waals surface area (Å²) in [6.07, 6.45) is 6.65. The number of fused-ring (bicyclic) bond motifs is 1. The molecule has 0 N–H and O–H groups in total. The van der Waals surface area contributed by atoms with Crippen molar-refractivity contribution in [2.75, 3.05) is 0 Å². The van der Waals surface area contributed by atoms with E-state index in [9.17, 15) is 9.59 Å². The molecule has 0 unspecified atom stereocenters. The number of aryl methyl sites for hydroxylation is 1. The van der Waals surface area contributed by atoms with E-state index in [1.807, 2.05) is 47.0 Å². The molecule has 1 fully saturated rings. The molecule has 158 valence electrons. The second-order valence-corrected chi connectivity index (χ2v) is 8.45. The predicted octanol–water partition coefficient (Wildman–Crippen LogP) is 4.21. The Morgan fingerprint density at radius 1 is 0.968 bits per heavy atom. The number of hydrogen-bond donors (Lipinski definition) is 0. The first kappa shape index (κ1) is 19.5. The SMILES string of the molecule is Cc1cccc(Cn2cnc3c2c(=O)n(C2CCCCC2)c(=O)n3-c2ccccc2)c1. The van der Waals surface area contributed by atoms with Gasteiger partial charge in [-0.1, -0.05) is 67.3 Å². The third-order valence-electron chi connectivity index (χ3n) is 6.24. The molecule has 2 heterocycles. The van der Waals surface area contributed by atoms with E-state index in [2.05, 4.69) is 24.0 Å². The maximum absolute atomic E-state index is 13.7. The summed E-state index contributed by atoms with van der Waals surface area (Å²) < 4.78 is 4.96. The first-order chi connectivity index (χ1) is 15.1. The predicted molar refractivity (Wildman–Crippen MR) is 122 cm³/mol. The van der Waals surface area contributed by atoms with E-state index < -0.39 is 0 Å². The van der Waals surface area contributed by atoms with Crippen molar-refractivity contribution >= 4 is 11.2 Å². The van der Waals surface area contributed by atoms with Crippen LogP contribution in [0.3, 0.4) is 0 Å². The average molecular weight is 415 g/mol.